The van der Waals surface area contributed by atoms with Crippen LogP contribution in [-0.4, -0.2) is 29.7 Å². The summed E-state index contributed by atoms with van der Waals surface area (Å²) in [6, 6.07) is 9.02. The molecule has 0 amide bonds. The van der Waals surface area contributed by atoms with Gasteiger partial charge in [-0.2, -0.15) is 5.26 Å². The van der Waals surface area contributed by atoms with E-state index in [-0.39, 0.29) is 12.6 Å². The van der Waals surface area contributed by atoms with E-state index >= 15 is 0 Å². The Labute approximate surface area is 134 Å². The second-order valence-corrected chi connectivity index (χ2v) is 5.59. The number of hydrogen-bond donors (Lipinski definition) is 0. The number of nitriles is 1. The highest BCUT2D eigenvalue weighted by Gasteiger charge is 2.29. The zero-order chi connectivity index (χ0) is 16.9. The van der Waals surface area contributed by atoms with Gasteiger partial charge >= 0.3 is 5.97 Å². The first-order valence-corrected chi connectivity index (χ1v) is 7.00. The van der Waals surface area contributed by atoms with Gasteiger partial charge in [-0.1, -0.05) is 0 Å². The third-order valence-corrected chi connectivity index (χ3v) is 3.24. The number of pyridine rings is 2. The van der Waals surface area contributed by atoms with Crippen LogP contribution in [0.15, 0.2) is 36.7 Å². The van der Waals surface area contributed by atoms with Crippen molar-refractivity contribution in [3.05, 3.63) is 42.2 Å². The molecule has 0 saturated carbocycles. The van der Waals surface area contributed by atoms with E-state index in [2.05, 4.69) is 9.97 Å². The SMILES string of the molecule is COC(=O)C(C)(C)COc1ccc(-c2ccc(C#N)cn2)cn1. The molecule has 0 saturated heterocycles. The normalized spacial score (nSPS) is 10.7. The fourth-order valence-corrected chi connectivity index (χ4v) is 1.84. The molecule has 2 aromatic heterocycles. The average molecular weight is 311 g/mol. The minimum Gasteiger partial charge on any atom is -0.476 e. The monoisotopic (exact) mass is 311 g/mol. The summed E-state index contributed by atoms with van der Waals surface area (Å²) in [7, 11) is 1.35. The summed E-state index contributed by atoms with van der Waals surface area (Å²) in [4.78, 5) is 20.0. The molecule has 0 aromatic carbocycles. The lowest BCUT2D eigenvalue weighted by molar-refractivity contribution is -0.152. The second kappa shape index (κ2) is 6.88. The van der Waals surface area contributed by atoms with Gasteiger partial charge in [0.1, 0.15) is 12.7 Å². The molecule has 0 fully saturated rings. The fraction of sp³-hybridized carbons (Fsp3) is 0.294. The molecule has 118 valence electrons. The molecule has 0 atom stereocenters. The molecule has 0 N–H and O–H groups in total. The zero-order valence-electron chi connectivity index (χ0n) is 13.2. The van der Waals surface area contributed by atoms with Gasteiger partial charge in [0, 0.05) is 24.0 Å². The van der Waals surface area contributed by atoms with Gasteiger partial charge in [-0.15, -0.1) is 0 Å². The Morgan fingerprint density at radius 2 is 2.00 bits per heavy atom. The molecule has 0 unspecified atom stereocenters. The largest absolute Gasteiger partial charge is 0.476 e. The van der Waals surface area contributed by atoms with E-state index < -0.39 is 5.41 Å². The first kappa shape index (κ1) is 16.4. The van der Waals surface area contributed by atoms with Crippen LogP contribution >= 0.6 is 0 Å². The fourth-order valence-electron chi connectivity index (χ4n) is 1.84. The van der Waals surface area contributed by atoms with E-state index in [1.807, 2.05) is 12.1 Å². The molecule has 2 rings (SSSR count). The van der Waals surface area contributed by atoms with Gasteiger partial charge in [-0.25, -0.2) is 4.98 Å². The van der Waals surface area contributed by atoms with Crippen LogP contribution in [0.25, 0.3) is 11.3 Å². The molecule has 0 aliphatic carbocycles. The highest BCUT2D eigenvalue weighted by molar-refractivity contribution is 5.75. The number of methoxy groups -OCH3 is 1. The molecule has 2 heterocycles. The Morgan fingerprint density at radius 3 is 2.52 bits per heavy atom. The Bertz CT molecular complexity index is 716. The zero-order valence-corrected chi connectivity index (χ0v) is 13.2. The number of rotatable bonds is 5. The second-order valence-electron chi connectivity index (χ2n) is 5.59. The molecule has 6 nitrogen and oxygen atoms in total. The summed E-state index contributed by atoms with van der Waals surface area (Å²) in [6.45, 7) is 3.66. The third kappa shape index (κ3) is 4.04. The van der Waals surface area contributed by atoms with Crippen molar-refractivity contribution in [2.75, 3.05) is 13.7 Å². The van der Waals surface area contributed by atoms with Crippen molar-refractivity contribution in [3.8, 4) is 23.2 Å². The number of ether oxygens (including phenoxy) is 2. The number of hydrogen-bond acceptors (Lipinski definition) is 6. The molecule has 23 heavy (non-hydrogen) atoms. The molecule has 0 aliphatic heterocycles. The molecular formula is C17H17N3O3. The Hall–Kier alpha value is -2.94. The van der Waals surface area contributed by atoms with Crippen molar-refractivity contribution in [2.45, 2.75) is 13.8 Å². The van der Waals surface area contributed by atoms with Gasteiger partial charge in [0.15, 0.2) is 0 Å². The van der Waals surface area contributed by atoms with Crippen molar-refractivity contribution in [3.63, 3.8) is 0 Å². The lowest BCUT2D eigenvalue weighted by Gasteiger charge is -2.21. The van der Waals surface area contributed by atoms with Crippen LogP contribution in [0.3, 0.4) is 0 Å². The number of carbonyl (C=O) groups is 1. The average Bonchev–Trinajstić information content (AvgIpc) is 2.60. The number of esters is 1. The van der Waals surface area contributed by atoms with Gasteiger partial charge in [0.05, 0.1) is 23.8 Å². The standard InChI is InChI=1S/C17H17N3O3/c1-17(2,16(21)22-3)11-23-15-7-5-13(10-20-15)14-6-4-12(8-18)9-19-14/h4-7,9-10H,11H2,1-3H3. The summed E-state index contributed by atoms with van der Waals surface area (Å²) in [5.41, 5.74) is 1.29. The lowest BCUT2D eigenvalue weighted by Crippen LogP contribution is -2.32. The third-order valence-electron chi connectivity index (χ3n) is 3.24. The molecule has 0 bridgehead atoms. The minimum atomic E-state index is -0.746. The maximum Gasteiger partial charge on any atom is 0.314 e. The Kier molecular flexibility index (Phi) is 4.91. The summed E-state index contributed by atoms with van der Waals surface area (Å²) in [6.07, 6.45) is 3.15. The van der Waals surface area contributed by atoms with Crippen molar-refractivity contribution in [1.29, 1.82) is 5.26 Å². The van der Waals surface area contributed by atoms with Crippen LogP contribution in [0.1, 0.15) is 19.4 Å². The maximum atomic E-state index is 11.6. The smallest absolute Gasteiger partial charge is 0.314 e. The van der Waals surface area contributed by atoms with E-state index in [4.69, 9.17) is 14.7 Å². The van der Waals surface area contributed by atoms with Crippen molar-refractivity contribution in [1.82, 2.24) is 9.97 Å². The molecule has 0 radical (unpaired) electrons. The number of nitrogens with zero attached hydrogens (tertiary/aromatic N) is 3. The first-order chi connectivity index (χ1) is 11.0. The molecule has 2 aromatic rings. The highest BCUT2D eigenvalue weighted by Crippen LogP contribution is 2.21. The van der Waals surface area contributed by atoms with E-state index in [0.717, 1.165) is 11.3 Å². The van der Waals surface area contributed by atoms with E-state index in [0.29, 0.717) is 11.4 Å². The summed E-state index contributed by atoms with van der Waals surface area (Å²) >= 11 is 0. The number of aromatic nitrogens is 2. The van der Waals surface area contributed by atoms with E-state index in [9.17, 15) is 4.79 Å². The van der Waals surface area contributed by atoms with Crippen LogP contribution in [0.4, 0.5) is 0 Å². The van der Waals surface area contributed by atoms with E-state index in [1.54, 1.807) is 38.2 Å². The molecule has 0 spiro atoms. The van der Waals surface area contributed by atoms with Crippen molar-refractivity contribution < 1.29 is 14.3 Å². The van der Waals surface area contributed by atoms with Crippen LogP contribution in [0.2, 0.25) is 0 Å². The van der Waals surface area contributed by atoms with Crippen LogP contribution in [-0.2, 0) is 9.53 Å². The first-order valence-electron chi connectivity index (χ1n) is 7.00. The van der Waals surface area contributed by atoms with Gasteiger partial charge in [-0.05, 0) is 32.0 Å². The van der Waals surface area contributed by atoms with Crippen LogP contribution < -0.4 is 4.74 Å². The van der Waals surface area contributed by atoms with Gasteiger partial charge in [0.25, 0.3) is 0 Å². The summed E-state index contributed by atoms with van der Waals surface area (Å²) < 4.78 is 10.3. The maximum absolute atomic E-state index is 11.6. The van der Waals surface area contributed by atoms with Gasteiger partial charge < -0.3 is 9.47 Å². The number of carbonyl (C=O) groups excluding carboxylic acids is 1. The lowest BCUT2D eigenvalue weighted by atomic mass is 9.95. The predicted molar refractivity (Wildman–Crippen MR) is 83.5 cm³/mol. The van der Waals surface area contributed by atoms with E-state index in [1.165, 1.54) is 13.3 Å². The van der Waals surface area contributed by atoms with Crippen molar-refractivity contribution in [2.24, 2.45) is 5.41 Å². The van der Waals surface area contributed by atoms with Gasteiger partial charge in [0.2, 0.25) is 5.88 Å². The predicted octanol–water partition coefficient (Wildman–Crippen LogP) is 2.59. The van der Waals surface area contributed by atoms with Crippen LogP contribution in [0.5, 0.6) is 5.88 Å². The topological polar surface area (TPSA) is 85.1 Å². The Balaban J connectivity index is 2.05. The quantitative estimate of drug-likeness (QED) is 0.789. The molecule has 6 heteroatoms. The summed E-state index contributed by atoms with van der Waals surface area (Å²) in [5.74, 6) is 0.0790. The highest BCUT2D eigenvalue weighted by atomic mass is 16.5. The van der Waals surface area contributed by atoms with Gasteiger partial charge in [-0.3, -0.25) is 9.78 Å². The minimum absolute atomic E-state index is 0.168. The molecule has 0 aliphatic rings. The Morgan fingerprint density at radius 1 is 1.22 bits per heavy atom. The van der Waals surface area contributed by atoms with Crippen LogP contribution in [0, 0.1) is 16.7 Å². The van der Waals surface area contributed by atoms with Crippen molar-refractivity contribution >= 4 is 5.97 Å². The molecular weight excluding hydrogens is 294 g/mol. The summed E-state index contributed by atoms with van der Waals surface area (Å²) in [5, 5.41) is 8.77.